The van der Waals surface area contributed by atoms with Gasteiger partial charge in [-0.3, -0.25) is 9.69 Å². The molecule has 0 aromatic heterocycles. The van der Waals surface area contributed by atoms with Crippen molar-refractivity contribution in [3.05, 3.63) is 59.7 Å². The number of carbonyl (C=O) groups excluding carboxylic acids is 1. The molecule has 24 heavy (non-hydrogen) atoms. The number of Topliss-reactive ketones (excluding diaryl/α,β-unsaturated/α-hetero) is 1. The lowest BCUT2D eigenvalue weighted by Gasteiger charge is -2.31. The number of ketones is 1. The van der Waals surface area contributed by atoms with Crippen molar-refractivity contribution >= 4 is 5.78 Å². The van der Waals surface area contributed by atoms with Crippen molar-refractivity contribution in [1.29, 1.82) is 0 Å². The smallest absolute Gasteiger partial charge is 0.169 e. The van der Waals surface area contributed by atoms with Crippen LogP contribution in [0, 0.1) is 5.92 Å². The summed E-state index contributed by atoms with van der Waals surface area (Å²) in [5, 5.41) is 10.1. The fraction of sp³-hybridized carbons (Fsp3) is 0.350. The van der Waals surface area contributed by atoms with Gasteiger partial charge < -0.3 is 9.84 Å². The van der Waals surface area contributed by atoms with Gasteiger partial charge >= 0.3 is 0 Å². The van der Waals surface area contributed by atoms with Crippen LogP contribution < -0.4 is 4.74 Å². The molecule has 4 nitrogen and oxygen atoms in total. The van der Waals surface area contributed by atoms with E-state index in [1.807, 2.05) is 6.07 Å². The van der Waals surface area contributed by atoms with Gasteiger partial charge in [-0.15, -0.1) is 0 Å². The van der Waals surface area contributed by atoms with E-state index >= 15 is 0 Å². The summed E-state index contributed by atoms with van der Waals surface area (Å²) < 4.78 is 5.07. The van der Waals surface area contributed by atoms with Crippen molar-refractivity contribution in [3.8, 4) is 11.5 Å². The van der Waals surface area contributed by atoms with Gasteiger partial charge in [0.2, 0.25) is 0 Å². The fourth-order valence-electron chi connectivity index (χ4n) is 3.26. The normalized spacial score (nSPS) is 16.0. The molecule has 0 bridgehead atoms. The van der Waals surface area contributed by atoms with E-state index in [9.17, 15) is 9.90 Å². The van der Waals surface area contributed by atoms with E-state index in [2.05, 4.69) is 29.2 Å². The minimum Gasteiger partial charge on any atom is -0.507 e. The Balaban J connectivity index is 1.59. The molecular formula is C20H23NO3. The van der Waals surface area contributed by atoms with Gasteiger partial charge in [-0.2, -0.15) is 0 Å². The SMILES string of the molecule is COc1ccc(C(=O)C2CCN(Cc3ccccc3)CC2)c(O)c1. The summed E-state index contributed by atoms with van der Waals surface area (Å²) in [6.45, 7) is 2.74. The molecular weight excluding hydrogens is 302 g/mol. The summed E-state index contributed by atoms with van der Waals surface area (Å²) in [5.41, 5.74) is 1.70. The van der Waals surface area contributed by atoms with Crippen molar-refractivity contribution in [1.82, 2.24) is 4.90 Å². The number of benzene rings is 2. The first-order chi connectivity index (χ1) is 11.7. The first-order valence-corrected chi connectivity index (χ1v) is 8.35. The number of likely N-dealkylation sites (tertiary alicyclic amines) is 1. The number of piperidine rings is 1. The third-order valence-electron chi connectivity index (χ3n) is 4.68. The minimum absolute atomic E-state index is 0.00562. The summed E-state index contributed by atoms with van der Waals surface area (Å²) in [7, 11) is 1.54. The van der Waals surface area contributed by atoms with Crippen molar-refractivity contribution in [3.63, 3.8) is 0 Å². The number of rotatable bonds is 5. The first kappa shape index (κ1) is 16.5. The van der Waals surface area contributed by atoms with Crippen molar-refractivity contribution in [2.45, 2.75) is 19.4 Å². The van der Waals surface area contributed by atoms with Gasteiger partial charge in [0.05, 0.1) is 12.7 Å². The zero-order valence-electron chi connectivity index (χ0n) is 13.9. The second-order valence-corrected chi connectivity index (χ2v) is 6.28. The number of phenols is 1. The second kappa shape index (κ2) is 7.49. The molecule has 126 valence electrons. The number of ether oxygens (including phenoxy) is 1. The van der Waals surface area contributed by atoms with Crippen LogP contribution in [0.1, 0.15) is 28.8 Å². The number of aromatic hydroxyl groups is 1. The predicted octanol–water partition coefficient (Wildman–Crippen LogP) is 3.50. The van der Waals surface area contributed by atoms with Crippen molar-refractivity contribution in [2.24, 2.45) is 5.92 Å². The summed E-state index contributed by atoms with van der Waals surface area (Å²) in [5.74, 6) is 0.582. The number of hydrogen-bond acceptors (Lipinski definition) is 4. The molecule has 0 spiro atoms. The highest BCUT2D eigenvalue weighted by Crippen LogP contribution is 2.29. The molecule has 1 aliphatic rings. The van der Waals surface area contributed by atoms with E-state index in [1.165, 1.54) is 11.6 Å². The van der Waals surface area contributed by atoms with E-state index in [1.54, 1.807) is 19.2 Å². The molecule has 0 aliphatic carbocycles. The Morgan fingerprint density at radius 3 is 2.50 bits per heavy atom. The molecule has 4 heteroatoms. The van der Waals surface area contributed by atoms with Gasteiger partial charge in [0.25, 0.3) is 0 Å². The highest BCUT2D eigenvalue weighted by atomic mass is 16.5. The van der Waals surface area contributed by atoms with Crippen LogP contribution in [0.5, 0.6) is 11.5 Å². The van der Waals surface area contributed by atoms with Gasteiger partial charge in [-0.05, 0) is 43.6 Å². The molecule has 1 aliphatic heterocycles. The number of hydrogen-bond donors (Lipinski definition) is 1. The standard InChI is InChI=1S/C20H23NO3/c1-24-17-7-8-18(19(22)13-17)20(23)16-9-11-21(12-10-16)14-15-5-3-2-4-6-15/h2-8,13,16,22H,9-12,14H2,1H3. The highest BCUT2D eigenvalue weighted by Gasteiger charge is 2.27. The zero-order valence-corrected chi connectivity index (χ0v) is 13.9. The van der Waals surface area contributed by atoms with Gasteiger partial charge in [0, 0.05) is 18.5 Å². The van der Waals surface area contributed by atoms with E-state index in [0.29, 0.717) is 11.3 Å². The summed E-state index contributed by atoms with van der Waals surface area (Å²) >= 11 is 0. The Morgan fingerprint density at radius 1 is 1.17 bits per heavy atom. The summed E-state index contributed by atoms with van der Waals surface area (Å²) in [4.78, 5) is 15.0. The maximum atomic E-state index is 12.7. The van der Waals surface area contributed by atoms with Crippen molar-refractivity contribution < 1.29 is 14.6 Å². The Hall–Kier alpha value is -2.33. The molecule has 1 N–H and O–H groups in total. The summed E-state index contributed by atoms with van der Waals surface area (Å²) in [6.07, 6.45) is 1.66. The minimum atomic E-state index is -0.0173. The monoisotopic (exact) mass is 325 g/mol. The van der Waals surface area contributed by atoms with Crippen LogP contribution in [0.4, 0.5) is 0 Å². The molecule has 0 radical (unpaired) electrons. The predicted molar refractivity (Wildman–Crippen MR) is 93.4 cm³/mol. The van der Waals surface area contributed by atoms with Gasteiger partial charge in [0.15, 0.2) is 5.78 Å². The Kier molecular flexibility index (Phi) is 5.16. The molecule has 0 amide bonds. The molecule has 3 rings (SSSR count). The summed E-state index contributed by atoms with van der Waals surface area (Å²) in [6, 6.07) is 15.3. The third-order valence-corrected chi connectivity index (χ3v) is 4.68. The maximum Gasteiger partial charge on any atom is 0.169 e. The Bertz CT molecular complexity index is 691. The number of methoxy groups -OCH3 is 1. The van der Waals surface area contributed by atoms with Gasteiger partial charge in [0.1, 0.15) is 11.5 Å². The van der Waals surface area contributed by atoms with E-state index in [4.69, 9.17) is 4.74 Å². The molecule has 2 aromatic carbocycles. The topological polar surface area (TPSA) is 49.8 Å². The molecule has 0 unspecified atom stereocenters. The quantitative estimate of drug-likeness (QED) is 0.855. The first-order valence-electron chi connectivity index (χ1n) is 8.35. The van der Waals surface area contributed by atoms with Gasteiger partial charge in [-0.25, -0.2) is 0 Å². The molecule has 1 saturated heterocycles. The number of nitrogens with zero attached hydrogens (tertiary/aromatic N) is 1. The van der Waals surface area contributed by atoms with Crippen LogP contribution in [0.3, 0.4) is 0 Å². The highest BCUT2D eigenvalue weighted by molar-refractivity contribution is 6.00. The van der Waals surface area contributed by atoms with Crippen LogP contribution in [0.25, 0.3) is 0 Å². The molecule has 0 saturated carbocycles. The van der Waals surface area contributed by atoms with E-state index in [-0.39, 0.29) is 17.5 Å². The lowest BCUT2D eigenvalue weighted by atomic mass is 9.88. The number of carbonyl (C=O) groups is 1. The van der Waals surface area contributed by atoms with Crippen LogP contribution in [0.2, 0.25) is 0 Å². The second-order valence-electron chi connectivity index (χ2n) is 6.28. The molecule has 0 atom stereocenters. The number of phenolic OH excluding ortho intramolecular Hbond substituents is 1. The fourth-order valence-corrected chi connectivity index (χ4v) is 3.26. The Labute approximate surface area is 142 Å². The van der Waals surface area contributed by atoms with Gasteiger partial charge in [-0.1, -0.05) is 30.3 Å². The lowest BCUT2D eigenvalue weighted by molar-refractivity contribution is 0.0832. The van der Waals surface area contributed by atoms with Crippen molar-refractivity contribution in [2.75, 3.05) is 20.2 Å². The lowest BCUT2D eigenvalue weighted by Crippen LogP contribution is -2.35. The largest absolute Gasteiger partial charge is 0.507 e. The van der Waals surface area contributed by atoms with Crippen LogP contribution in [-0.2, 0) is 6.54 Å². The van der Waals surface area contributed by atoms with E-state index in [0.717, 1.165) is 32.5 Å². The van der Waals surface area contributed by atoms with Crippen LogP contribution >= 0.6 is 0 Å². The zero-order chi connectivity index (χ0) is 16.9. The third kappa shape index (κ3) is 3.77. The van der Waals surface area contributed by atoms with E-state index < -0.39 is 0 Å². The molecule has 1 fully saturated rings. The molecule has 1 heterocycles. The average molecular weight is 325 g/mol. The average Bonchev–Trinajstić information content (AvgIpc) is 2.62. The van der Waals surface area contributed by atoms with Crippen LogP contribution in [-0.4, -0.2) is 36.0 Å². The Morgan fingerprint density at radius 2 is 1.88 bits per heavy atom. The molecule has 2 aromatic rings. The maximum absolute atomic E-state index is 12.7. The van der Waals surface area contributed by atoms with Crippen LogP contribution in [0.15, 0.2) is 48.5 Å².